The van der Waals surface area contributed by atoms with E-state index < -0.39 is 0 Å². The second-order valence-electron chi connectivity index (χ2n) is 5.17. The van der Waals surface area contributed by atoms with E-state index in [-0.39, 0.29) is 17.9 Å². The molecule has 2 heterocycles. The first-order valence-corrected chi connectivity index (χ1v) is 7.04. The predicted octanol–water partition coefficient (Wildman–Crippen LogP) is 0.209. The Morgan fingerprint density at radius 1 is 1.22 bits per heavy atom. The van der Waals surface area contributed by atoms with Gasteiger partial charge in [-0.1, -0.05) is 26.2 Å². The van der Waals surface area contributed by atoms with E-state index in [9.17, 15) is 9.59 Å². The summed E-state index contributed by atoms with van der Waals surface area (Å²) in [6.45, 7) is 5.87. The van der Waals surface area contributed by atoms with Gasteiger partial charge in [0.05, 0.1) is 6.04 Å². The molecule has 5 heteroatoms. The van der Waals surface area contributed by atoms with Gasteiger partial charge in [0, 0.05) is 32.7 Å². The Morgan fingerprint density at radius 2 is 2.06 bits per heavy atom. The number of hydrogen-bond acceptors (Lipinski definition) is 3. The SMILES string of the molecule is CCCCCCN1CC2CNCCN2C(=O)C1=O. The molecule has 1 atom stereocenters. The highest BCUT2D eigenvalue weighted by Crippen LogP contribution is 2.15. The maximum absolute atomic E-state index is 12.0. The van der Waals surface area contributed by atoms with E-state index in [0.29, 0.717) is 13.1 Å². The number of hydrogen-bond donors (Lipinski definition) is 1. The Labute approximate surface area is 108 Å². The Balaban J connectivity index is 1.88. The van der Waals surface area contributed by atoms with Crippen LogP contribution in [0.4, 0.5) is 0 Å². The summed E-state index contributed by atoms with van der Waals surface area (Å²) in [5.41, 5.74) is 0. The van der Waals surface area contributed by atoms with Gasteiger partial charge in [-0.2, -0.15) is 0 Å². The van der Waals surface area contributed by atoms with Crippen molar-refractivity contribution in [2.75, 3.05) is 32.7 Å². The lowest BCUT2D eigenvalue weighted by atomic mass is 10.1. The third-order valence-corrected chi connectivity index (χ3v) is 3.79. The van der Waals surface area contributed by atoms with Crippen molar-refractivity contribution in [2.24, 2.45) is 0 Å². The number of fused-ring (bicyclic) bond motifs is 1. The van der Waals surface area contributed by atoms with Crippen molar-refractivity contribution in [3.8, 4) is 0 Å². The summed E-state index contributed by atoms with van der Waals surface area (Å²) in [7, 11) is 0. The van der Waals surface area contributed by atoms with Crippen LogP contribution in [0.2, 0.25) is 0 Å². The molecule has 0 aliphatic carbocycles. The van der Waals surface area contributed by atoms with Gasteiger partial charge >= 0.3 is 11.8 Å². The summed E-state index contributed by atoms with van der Waals surface area (Å²) < 4.78 is 0. The molecular formula is C13H23N3O2. The quantitative estimate of drug-likeness (QED) is 0.563. The van der Waals surface area contributed by atoms with Crippen LogP contribution in [0.1, 0.15) is 32.6 Å². The molecular weight excluding hydrogens is 230 g/mol. The monoisotopic (exact) mass is 253 g/mol. The molecule has 0 saturated carbocycles. The van der Waals surface area contributed by atoms with Crippen molar-refractivity contribution in [3.05, 3.63) is 0 Å². The van der Waals surface area contributed by atoms with Crippen LogP contribution in [0, 0.1) is 0 Å². The third-order valence-electron chi connectivity index (χ3n) is 3.79. The molecule has 0 spiro atoms. The maximum Gasteiger partial charge on any atom is 0.312 e. The molecule has 1 N–H and O–H groups in total. The van der Waals surface area contributed by atoms with Crippen LogP contribution >= 0.6 is 0 Å². The van der Waals surface area contributed by atoms with Crippen LogP contribution in [0.5, 0.6) is 0 Å². The van der Waals surface area contributed by atoms with E-state index in [1.807, 2.05) is 0 Å². The smallest absolute Gasteiger partial charge is 0.312 e. The summed E-state index contributed by atoms with van der Waals surface area (Å²) in [4.78, 5) is 27.4. The van der Waals surface area contributed by atoms with Crippen LogP contribution < -0.4 is 5.32 Å². The minimum Gasteiger partial charge on any atom is -0.332 e. The van der Waals surface area contributed by atoms with Crippen molar-refractivity contribution in [2.45, 2.75) is 38.6 Å². The highest BCUT2D eigenvalue weighted by molar-refractivity contribution is 6.35. The van der Waals surface area contributed by atoms with Gasteiger partial charge in [-0.05, 0) is 6.42 Å². The van der Waals surface area contributed by atoms with Gasteiger partial charge in [0.1, 0.15) is 0 Å². The normalized spacial score (nSPS) is 24.4. The molecule has 0 aromatic heterocycles. The average molecular weight is 253 g/mol. The van der Waals surface area contributed by atoms with Crippen LogP contribution in [-0.2, 0) is 9.59 Å². The molecule has 2 saturated heterocycles. The molecule has 2 aliphatic rings. The Bertz CT molecular complexity index is 319. The number of carbonyl (C=O) groups is 2. The highest BCUT2D eigenvalue weighted by Gasteiger charge is 2.39. The van der Waals surface area contributed by atoms with Gasteiger partial charge in [0.25, 0.3) is 0 Å². The molecule has 18 heavy (non-hydrogen) atoms. The Hall–Kier alpha value is -1.10. The summed E-state index contributed by atoms with van der Waals surface area (Å²) in [6, 6.07) is 0.176. The molecule has 0 radical (unpaired) electrons. The van der Waals surface area contributed by atoms with Crippen LogP contribution in [0.3, 0.4) is 0 Å². The number of rotatable bonds is 5. The summed E-state index contributed by atoms with van der Waals surface area (Å²) in [6.07, 6.45) is 4.54. The molecule has 1 unspecified atom stereocenters. The van der Waals surface area contributed by atoms with E-state index in [4.69, 9.17) is 0 Å². The van der Waals surface area contributed by atoms with Gasteiger partial charge in [0.2, 0.25) is 0 Å². The summed E-state index contributed by atoms with van der Waals surface area (Å²) in [5, 5.41) is 3.28. The van der Waals surface area contributed by atoms with E-state index in [1.165, 1.54) is 12.8 Å². The number of amides is 2. The summed E-state index contributed by atoms with van der Waals surface area (Å²) >= 11 is 0. The van der Waals surface area contributed by atoms with Crippen molar-refractivity contribution >= 4 is 11.8 Å². The molecule has 2 rings (SSSR count). The number of piperazine rings is 2. The van der Waals surface area contributed by atoms with E-state index in [0.717, 1.165) is 32.5 Å². The van der Waals surface area contributed by atoms with Crippen molar-refractivity contribution in [1.29, 1.82) is 0 Å². The number of nitrogens with zero attached hydrogens (tertiary/aromatic N) is 2. The molecule has 5 nitrogen and oxygen atoms in total. The van der Waals surface area contributed by atoms with Crippen LogP contribution in [0.15, 0.2) is 0 Å². The maximum atomic E-state index is 12.0. The highest BCUT2D eigenvalue weighted by atomic mass is 16.2. The third kappa shape index (κ3) is 2.83. The predicted molar refractivity (Wildman–Crippen MR) is 69.1 cm³/mol. The van der Waals surface area contributed by atoms with E-state index >= 15 is 0 Å². The zero-order valence-electron chi connectivity index (χ0n) is 11.2. The van der Waals surface area contributed by atoms with Crippen LogP contribution in [0.25, 0.3) is 0 Å². The van der Waals surface area contributed by atoms with Gasteiger partial charge in [-0.25, -0.2) is 0 Å². The average Bonchev–Trinajstić information content (AvgIpc) is 2.40. The first kappa shape index (κ1) is 13.3. The van der Waals surface area contributed by atoms with Crippen LogP contribution in [-0.4, -0.2) is 60.4 Å². The summed E-state index contributed by atoms with van der Waals surface area (Å²) in [5.74, 6) is -0.604. The first-order chi connectivity index (χ1) is 8.74. The fraction of sp³-hybridized carbons (Fsp3) is 0.846. The standard InChI is InChI=1S/C13H23N3O2/c1-2-3-4-5-7-15-10-11-9-14-6-8-16(11)13(18)12(15)17/h11,14H,2-10H2,1H3. The van der Waals surface area contributed by atoms with Gasteiger partial charge < -0.3 is 15.1 Å². The zero-order valence-corrected chi connectivity index (χ0v) is 11.2. The largest absolute Gasteiger partial charge is 0.332 e. The number of nitrogens with one attached hydrogen (secondary N) is 1. The van der Waals surface area contributed by atoms with E-state index in [2.05, 4.69) is 12.2 Å². The lowest BCUT2D eigenvalue weighted by Crippen LogP contribution is -2.65. The fourth-order valence-corrected chi connectivity index (χ4v) is 2.71. The lowest BCUT2D eigenvalue weighted by Gasteiger charge is -2.43. The van der Waals surface area contributed by atoms with Gasteiger partial charge in [-0.15, -0.1) is 0 Å². The van der Waals surface area contributed by atoms with Crippen molar-refractivity contribution in [3.63, 3.8) is 0 Å². The minimum atomic E-state index is -0.303. The van der Waals surface area contributed by atoms with Gasteiger partial charge in [0.15, 0.2) is 0 Å². The number of carbonyl (C=O) groups excluding carboxylic acids is 2. The number of unbranched alkanes of at least 4 members (excludes halogenated alkanes) is 3. The van der Waals surface area contributed by atoms with Gasteiger partial charge in [-0.3, -0.25) is 9.59 Å². The minimum absolute atomic E-state index is 0.176. The second-order valence-corrected chi connectivity index (χ2v) is 5.17. The molecule has 2 fully saturated rings. The molecule has 2 amide bonds. The molecule has 0 aromatic carbocycles. The molecule has 0 bridgehead atoms. The first-order valence-electron chi connectivity index (χ1n) is 7.04. The van der Waals surface area contributed by atoms with Crippen molar-refractivity contribution in [1.82, 2.24) is 15.1 Å². The molecule has 102 valence electrons. The second kappa shape index (κ2) is 6.18. The van der Waals surface area contributed by atoms with Crippen molar-refractivity contribution < 1.29 is 9.59 Å². The topological polar surface area (TPSA) is 52.6 Å². The molecule has 2 aliphatic heterocycles. The Kier molecular flexibility index (Phi) is 4.58. The van der Waals surface area contributed by atoms with E-state index in [1.54, 1.807) is 9.80 Å². The fourth-order valence-electron chi connectivity index (χ4n) is 2.71. The molecule has 0 aromatic rings. The lowest BCUT2D eigenvalue weighted by molar-refractivity contribution is -0.159. The Morgan fingerprint density at radius 3 is 2.83 bits per heavy atom. The zero-order chi connectivity index (χ0) is 13.0.